The lowest BCUT2D eigenvalue weighted by atomic mass is 10.1. The van der Waals surface area contributed by atoms with E-state index in [1.54, 1.807) is 34.3 Å². The normalized spacial score (nSPS) is 9.80. The molecular formula is C14H21NO5. The van der Waals surface area contributed by atoms with E-state index < -0.39 is 6.09 Å². The first-order valence-corrected chi connectivity index (χ1v) is 6.35. The zero-order valence-electron chi connectivity index (χ0n) is 12.3. The summed E-state index contributed by atoms with van der Waals surface area (Å²) in [7, 11) is 4.73. The molecule has 0 aromatic heterocycles. The molecule has 0 saturated carbocycles. The Bertz CT molecular complexity index is 447. The summed E-state index contributed by atoms with van der Waals surface area (Å²) in [5.41, 5.74) is 0.889. The topological polar surface area (TPSA) is 66.0 Å². The van der Waals surface area contributed by atoms with E-state index in [0.29, 0.717) is 36.8 Å². The Morgan fingerprint density at radius 2 is 1.90 bits per heavy atom. The minimum atomic E-state index is -0.429. The largest absolute Gasteiger partial charge is 0.497 e. The van der Waals surface area contributed by atoms with Crippen LogP contribution < -0.4 is 19.5 Å². The highest BCUT2D eigenvalue weighted by atomic mass is 16.5. The van der Waals surface area contributed by atoms with Crippen LogP contribution in [-0.4, -0.2) is 40.6 Å². The highest BCUT2D eigenvalue weighted by Gasteiger charge is 2.13. The molecule has 1 aromatic rings. The molecule has 20 heavy (non-hydrogen) atoms. The number of alkyl carbamates (subject to hydrolysis) is 1. The van der Waals surface area contributed by atoms with Gasteiger partial charge < -0.3 is 24.3 Å². The van der Waals surface area contributed by atoms with E-state index in [9.17, 15) is 4.79 Å². The van der Waals surface area contributed by atoms with Gasteiger partial charge in [0.2, 0.25) is 0 Å². The molecule has 6 nitrogen and oxygen atoms in total. The SMILES string of the molecule is CCOC(=O)NCCc1cc(OC)cc(OC)c1OC. The number of nitrogens with one attached hydrogen (secondary N) is 1. The number of carbonyl (C=O) groups is 1. The fourth-order valence-corrected chi connectivity index (χ4v) is 1.80. The molecule has 1 rings (SSSR count). The molecule has 0 atom stereocenters. The number of methoxy groups -OCH3 is 3. The van der Waals surface area contributed by atoms with E-state index in [1.807, 2.05) is 6.07 Å². The maximum atomic E-state index is 11.2. The van der Waals surface area contributed by atoms with Crippen LogP contribution in [-0.2, 0) is 11.2 Å². The van der Waals surface area contributed by atoms with E-state index in [4.69, 9.17) is 18.9 Å². The quantitative estimate of drug-likeness (QED) is 0.829. The zero-order valence-corrected chi connectivity index (χ0v) is 12.3. The minimum Gasteiger partial charge on any atom is -0.497 e. The highest BCUT2D eigenvalue weighted by Crippen LogP contribution is 2.35. The fourth-order valence-electron chi connectivity index (χ4n) is 1.80. The monoisotopic (exact) mass is 283 g/mol. The summed E-state index contributed by atoms with van der Waals surface area (Å²) in [5.74, 6) is 1.91. The summed E-state index contributed by atoms with van der Waals surface area (Å²) in [6.07, 6.45) is 0.150. The van der Waals surface area contributed by atoms with E-state index in [0.717, 1.165) is 5.56 Å². The smallest absolute Gasteiger partial charge is 0.407 e. The van der Waals surface area contributed by atoms with Gasteiger partial charge in [0.15, 0.2) is 11.5 Å². The molecule has 0 spiro atoms. The van der Waals surface area contributed by atoms with Gasteiger partial charge in [-0.25, -0.2) is 4.79 Å². The zero-order chi connectivity index (χ0) is 15.0. The molecule has 0 bridgehead atoms. The predicted molar refractivity (Wildman–Crippen MR) is 74.8 cm³/mol. The first-order chi connectivity index (χ1) is 9.65. The number of benzene rings is 1. The van der Waals surface area contributed by atoms with Crippen LogP contribution in [0.15, 0.2) is 12.1 Å². The van der Waals surface area contributed by atoms with E-state index >= 15 is 0 Å². The van der Waals surface area contributed by atoms with E-state index in [2.05, 4.69) is 5.32 Å². The lowest BCUT2D eigenvalue weighted by molar-refractivity contribution is 0.152. The molecule has 6 heteroatoms. The summed E-state index contributed by atoms with van der Waals surface area (Å²) in [6.45, 7) is 2.54. The van der Waals surface area contributed by atoms with Gasteiger partial charge in [-0.1, -0.05) is 0 Å². The number of amides is 1. The average Bonchev–Trinajstić information content (AvgIpc) is 2.46. The van der Waals surface area contributed by atoms with Crippen LogP contribution in [0.5, 0.6) is 17.2 Å². The van der Waals surface area contributed by atoms with Gasteiger partial charge in [0, 0.05) is 18.2 Å². The number of hydrogen-bond donors (Lipinski definition) is 1. The molecular weight excluding hydrogens is 262 g/mol. The Kier molecular flexibility index (Phi) is 6.49. The van der Waals surface area contributed by atoms with Crippen molar-refractivity contribution in [1.29, 1.82) is 0 Å². The van der Waals surface area contributed by atoms with Gasteiger partial charge in [0.05, 0.1) is 27.9 Å². The highest BCUT2D eigenvalue weighted by molar-refractivity contribution is 5.67. The second kappa shape index (κ2) is 8.14. The molecule has 0 aliphatic heterocycles. The van der Waals surface area contributed by atoms with Crippen LogP contribution in [0.25, 0.3) is 0 Å². The molecule has 0 saturated heterocycles. The lowest BCUT2D eigenvalue weighted by Crippen LogP contribution is -2.26. The van der Waals surface area contributed by atoms with Crippen molar-refractivity contribution in [3.05, 3.63) is 17.7 Å². The Hall–Kier alpha value is -2.11. The van der Waals surface area contributed by atoms with Crippen LogP contribution >= 0.6 is 0 Å². The second-order valence-corrected chi connectivity index (χ2v) is 3.92. The van der Waals surface area contributed by atoms with Crippen molar-refractivity contribution < 1.29 is 23.7 Å². The third kappa shape index (κ3) is 4.22. The lowest BCUT2D eigenvalue weighted by Gasteiger charge is -2.15. The average molecular weight is 283 g/mol. The summed E-state index contributed by atoms with van der Waals surface area (Å²) >= 11 is 0. The second-order valence-electron chi connectivity index (χ2n) is 3.92. The number of hydrogen-bond acceptors (Lipinski definition) is 5. The predicted octanol–water partition coefficient (Wildman–Crippen LogP) is 2.00. The van der Waals surface area contributed by atoms with Crippen molar-refractivity contribution in [2.24, 2.45) is 0 Å². The van der Waals surface area contributed by atoms with Crippen LogP contribution in [0.3, 0.4) is 0 Å². The van der Waals surface area contributed by atoms with Crippen LogP contribution in [0.4, 0.5) is 4.79 Å². The first kappa shape index (κ1) is 15.9. The van der Waals surface area contributed by atoms with E-state index in [-0.39, 0.29) is 0 Å². The Labute approximate surface area is 119 Å². The maximum absolute atomic E-state index is 11.2. The summed E-state index contributed by atoms with van der Waals surface area (Å²) in [6, 6.07) is 3.61. The Morgan fingerprint density at radius 1 is 1.15 bits per heavy atom. The van der Waals surface area contributed by atoms with Gasteiger partial charge >= 0.3 is 6.09 Å². The fraction of sp³-hybridized carbons (Fsp3) is 0.500. The van der Waals surface area contributed by atoms with Gasteiger partial charge in [0.1, 0.15) is 5.75 Å². The molecule has 1 amide bonds. The van der Waals surface area contributed by atoms with Crippen LogP contribution in [0, 0.1) is 0 Å². The molecule has 0 aliphatic carbocycles. The molecule has 0 heterocycles. The van der Waals surface area contributed by atoms with E-state index in [1.165, 1.54) is 0 Å². The molecule has 0 fully saturated rings. The van der Waals surface area contributed by atoms with Gasteiger partial charge in [-0.3, -0.25) is 0 Å². The Balaban J connectivity index is 2.79. The number of ether oxygens (including phenoxy) is 4. The third-order valence-corrected chi connectivity index (χ3v) is 2.70. The van der Waals surface area contributed by atoms with Gasteiger partial charge in [-0.05, 0) is 19.4 Å². The van der Waals surface area contributed by atoms with Gasteiger partial charge in [-0.2, -0.15) is 0 Å². The van der Waals surface area contributed by atoms with Crippen molar-refractivity contribution in [3.63, 3.8) is 0 Å². The summed E-state index contributed by atoms with van der Waals surface area (Å²) in [5, 5.41) is 2.66. The molecule has 0 radical (unpaired) electrons. The molecule has 1 aromatic carbocycles. The molecule has 1 N–H and O–H groups in total. The van der Waals surface area contributed by atoms with Gasteiger partial charge in [0.25, 0.3) is 0 Å². The summed E-state index contributed by atoms with van der Waals surface area (Å²) in [4.78, 5) is 11.2. The van der Waals surface area contributed by atoms with Crippen molar-refractivity contribution in [3.8, 4) is 17.2 Å². The summed E-state index contributed by atoms with van der Waals surface area (Å²) < 4.78 is 20.6. The molecule has 0 aliphatic rings. The van der Waals surface area contributed by atoms with Crippen molar-refractivity contribution >= 4 is 6.09 Å². The Morgan fingerprint density at radius 3 is 2.45 bits per heavy atom. The third-order valence-electron chi connectivity index (χ3n) is 2.70. The van der Waals surface area contributed by atoms with Crippen molar-refractivity contribution in [2.75, 3.05) is 34.5 Å². The maximum Gasteiger partial charge on any atom is 0.407 e. The molecule has 0 unspecified atom stereocenters. The van der Waals surface area contributed by atoms with Crippen LogP contribution in [0.2, 0.25) is 0 Å². The first-order valence-electron chi connectivity index (χ1n) is 6.35. The van der Waals surface area contributed by atoms with Crippen molar-refractivity contribution in [1.82, 2.24) is 5.32 Å². The number of carbonyl (C=O) groups excluding carboxylic acids is 1. The minimum absolute atomic E-state index is 0.349. The molecule has 112 valence electrons. The van der Waals surface area contributed by atoms with Crippen molar-refractivity contribution in [2.45, 2.75) is 13.3 Å². The van der Waals surface area contributed by atoms with Crippen LogP contribution in [0.1, 0.15) is 12.5 Å². The number of rotatable bonds is 7. The van der Waals surface area contributed by atoms with Gasteiger partial charge in [-0.15, -0.1) is 0 Å². The standard InChI is InChI=1S/C14H21NO5/c1-5-20-14(16)15-7-6-10-8-11(17-2)9-12(18-3)13(10)19-4/h8-9H,5-7H2,1-4H3,(H,15,16).